The Bertz CT molecular complexity index is 406. The zero-order valence-corrected chi connectivity index (χ0v) is 11.4. The summed E-state index contributed by atoms with van der Waals surface area (Å²) in [6.45, 7) is 7.07. The number of rotatable bonds is 7. The van der Waals surface area contributed by atoms with Gasteiger partial charge in [0, 0.05) is 24.7 Å². The average Bonchev–Trinajstić information content (AvgIpc) is 2.33. The number of primary amides is 1. The summed E-state index contributed by atoms with van der Waals surface area (Å²) in [7, 11) is 0. The summed E-state index contributed by atoms with van der Waals surface area (Å²) < 4.78 is 0. The van der Waals surface area contributed by atoms with Crippen LogP contribution in [0.25, 0.3) is 0 Å². The highest BCUT2D eigenvalue weighted by atomic mass is 16.1. The minimum atomic E-state index is -0.333. The van der Waals surface area contributed by atoms with Gasteiger partial charge in [0.2, 0.25) is 5.91 Å². The molecule has 1 aromatic rings. The first kappa shape index (κ1) is 14.4. The number of unbranched alkanes of at least 4 members (excludes halogenated alkanes) is 1. The molecule has 5 nitrogen and oxygen atoms in total. The number of hydrogen-bond acceptors (Lipinski definition) is 4. The van der Waals surface area contributed by atoms with Crippen molar-refractivity contribution in [2.24, 2.45) is 5.73 Å². The summed E-state index contributed by atoms with van der Waals surface area (Å²) in [5.74, 6) is 1.27. The molecule has 0 atom stereocenters. The third-order valence-corrected chi connectivity index (χ3v) is 2.66. The first-order valence-corrected chi connectivity index (χ1v) is 6.44. The van der Waals surface area contributed by atoms with E-state index in [0.29, 0.717) is 0 Å². The Morgan fingerprint density at radius 3 is 2.67 bits per heavy atom. The number of hydrogen-bond donors (Lipinski definition) is 1. The summed E-state index contributed by atoms with van der Waals surface area (Å²) in [5.41, 5.74) is 6.21. The molecule has 0 bridgehead atoms. The van der Waals surface area contributed by atoms with Crippen molar-refractivity contribution in [3.63, 3.8) is 0 Å². The first-order chi connectivity index (χ1) is 8.56. The quantitative estimate of drug-likeness (QED) is 0.794. The van der Waals surface area contributed by atoms with E-state index < -0.39 is 0 Å². The largest absolute Gasteiger partial charge is 0.368 e. The fourth-order valence-electron chi connectivity index (χ4n) is 1.74. The van der Waals surface area contributed by atoms with E-state index in [0.717, 1.165) is 43.1 Å². The van der Waals surface area contributed by atoms with Crippen molar-refractivity contribution < 1.29 is 4.79 Å². The van der Waals surface area contributed by atoms with Gasteiger partial charge in [-0.3, -0.25) is 4.79 Å². The van der Waals surface area contributed by atoms with Crippen molar-refractivity contribution in [1.29, 1.82) is 0 Å². The number of aromatic nitrogens is 2. The molecule has 0 spiro atoms. The monoisotopic (exact) mass is 250 g/mol. The molecule has 0 aliphatic heterocycles. The van der Waals surface area contributed by atoms with Crippen LogP contribution in [-0.4, -0.2) is 29.0 Å². The van der Waals surface area contributed by atoms with Crippen molar-refractivity contribution in [2.45, 2.75) is 40.0 Å². The average molecular weight is 250 g/mol. The van der Waals surface area contributed by atoms with Gasteiger partial charge in [0.25, 0.3) is 0 Å². The Labute approximate surface area is 108 Å². The van der Waals surface area contributed by atoms with Crippen LogP contribution in [0, 0.1) is 6.92 Å². The van der Waals surface area contributed by atoms with E-state index in [-0.39, 0.29) is 12.5 Å². The first-order valence-electron chi connectivity index (χ1n) is 6.44. The van der Waals surface area contributed by atoms with Crippen LogP contribution >= 0.6 is 0 Å². The van der Waals surface area contributed by atoms with Crippen LogP contribution in [0.4, 0.5) is 5.82 Å². The summed E-state index contributed by atoms with van der Waals surface area (Å²) >= 11 is 0. The highest BCUT2D eigenvalue weighted by Crippen LogP contribution is 2.13. The Morgan fingerprint density at radius 1 is 1.39 bits per heavy atom. The van der Waals surface area contributed by atoms with E-state index in [1.807, 2.05) is 24.8 Å². The molecule has 100 valence electrons. The summed E-state index contributed by atoms with van der Waals surface area (Å²) in [5, 5.41) is 0. The molecule has 2 N–H and O–H groups in total. The molecule has 0 aliphatic rings. The Kier molecular flexibility index (Phi) is 5.55. The van der Waals surface area contributed by atoms with Gasteiger partial charge >= 0.3 is 0 Å². The number of anilines is 1. The number of aryl methyl sites for hydroxylation is 2. The smallest absolute Gasteiger partial charge is 0.236 e. The molecule has 1 amide bonds. The standard InChI is InChI=1S/C13H22N4O/c1-4-6-7-17(9-11(14)18)13-8-10(3)15-12(5-2)16-13/h8H,4-7,9H2,1-3H3,(H2,14,18). The van der Waals surface area contributed by atoms with E-state index in [9.17, 15) is 4.79 Å². The minimum Gasteiger partial charge on any atom is -0.368 e. The second-order valence-electron chi connectivity index (χ2n) is 4.38. The summed E-state index contributed by atoms with van der Waals surface area (Å²) in [4.78, 5) is 21.9. The zero-order valence-electron chi connectivity index (χ0n) is 11.4. The van der Waals surface area contributed by atoms with Gasteiger partial charge < -0.3 is 10.6 Å². The van der Waals surface area contributed by atoms with Crippen LogP contribution in [0.5, 0.6) is 0 Å². The van der Waals surface area contributed by atoms with Crippen molar-refractivity contribution in [2.75, 3.05) is 18.0 Å². The van der Waals surface area contributed by atoms with Crippen molar-refractivity contribution >= 4 is 11.7 Å². The van der Waals surface area contributed by atoms with Crippen LogP contribution in [0.1, 0.15) is 38.2 Å². The SMILES string of the molecule is CCCCN(CC(N)=O)c1cc(C)nc(CC)n1. The van der Waals surface area contributed by atoms with E-state index in [1.54, 1.807) is 0 Å². The number of nitrogens with two attached hydrogens (primary N) is 1. The number of carbonyl (C=O) groups is 1. The Hall–Kier alpha value is -1.65. The van der Waals surface area contributed by atoms with Gasteiger partial charge in [-0.2, -0.15) is 0 Å². The zero-order chi connectivity index (χ0) is 13.5. The molecule has 18 heavy (non-hydrogen) atoms. The second kappa shape index (κ2) is 6.93. The lowest BCUT2D eigenvalue weighted by Crippen LogP contribution is -2.35. The third-order valence-electron chi connectivity index (χ3n) is 2.66. The fraction of sp³-hybridized carbons (Fsp3) is 0.615. The lowest BCUT2D eigenvalue weighted by Gasteiger charge is -2.22. The molecule has 0 saturated carbocycles. The van der Waals surface area contributed by atoms with Gasteiger partial charge in [-0.05, 0) is 13.3 Å². The normalized spacial score (nSPS) is 10.4. The molecule has 1 rings (SSSR count). The molecular formula is C13H22N4O. The minimum absolute atomic E-state index is 0.208. The van der Waals surface area contributed by atoms with Crippen LogP contribution in [-0.2, 0) is 11.2 Å². The van der Waals surface area contributed by atoms with Crippen molar-refractivity contribution in [1.82, 2.24) is 9.97 Å². The molecule has 0 fully saturated rings. The van der Waals surface area contributed by atoms with Gasteiger partial charge in [0.1, 0.15) is 11.6 Å². The molecule has 5 heteroatoms. The predicted octanol–water partition coefficient (Wildman–Crippen LogP) is 1.44. The Balaban J connectivity index is 2.95. The number of nitrogens with zero attached hydrogens (tertiary/aromatic N) is 3. The molecule has 0 aromatic carbocycles. The van der Waals surface area contributed by atoms with Crippen molar-refractivity contribution in [3.05, 3.63) is 17.6 Å². The molecule has 0 saturated heterocycles. The van der Waals surface area contributed by atoms with E-state index in [4.69, 9.17) is 5.73 Å². The fourth-order valence-corrected chi connectivity index (χ4v) is 1.74. The second-order valence-corrected chi connectivity index (χ2v) is 4.38. The van der Waals surface area contributed by atoms with Crippen LogP contribution in [0.2, 0.25) is 0 Å². The van der Waals surface area contributed by atoms with E-state index in [2.05, 4.69) is 16.9 Å². The lowest BCUT2D eigenvalue weighted by molar-refractivity contribution is -0.116. The van der Waals surface area contributed by atoms with E-state index >= 15 is 0 Å². The maximum Gasteiger partial charge on any atom is 0.236 e. The molecule has 1 aromatic heterocycles. The van der Waals surface area contributed by atoms with Crippen LogP contribution < -0.4 is 10.6 Å². The van der Waals surface area contributed by atoms with Crippen LogP contribution in [0.15, 0.2) is 6.07 Å². The summed E-state index contributed by atoms with van der Waals surface area (Å²) in [6, 6.07) is 1.90. The third kappa shape index (κ3) is 4.31. The molecular weight excluding hydrogens is 228 g/mol. The van der Waals surface area contributed by atoms with Crippen molar-refractivity contribution in [3.8, 4) is 0 Å². The van der Waals surface area contributed by atoms with Gasteiger partial charge in [0.15, 0.2) is 0 Å². The van der Waals surface area contributed by atoms with Gasteiger partial charge in [-0.25, -0.2) is 9.97 Å². The molecule has 1 heterocycles. The molecule has 0 aliphatic carbocycles. The number of carbonyl (C=O) groups excluding carboxylic acids is 1. The number of amides is 1. The van der Waals surface area contributed by atoms with Crippen LogP contribution in [0.3, 0.4) is 0 Å². The Morgan fingerprint density at radius 2 is 2.11 bits per heavy atom. The maximum atomic E-state index is 11.1. The lowest BCUT2D eigenvalue weighted by atomic mass is 10.3. The predicted molar refractivity (Wildman–Crippen MR) is 72.5 cm³/mol. The molecule has 0 radical (unpaired) electrons. The van der Waals surface area contributed by atoms with Gasteiger partial charge in [0.05, 0.1) is 6.54 Å². The highest BCUT2D eigenvalue weighted by Gasteiger charge is 2.12. The summed E-state index contributed by atoms with van der Waals surface area (Å²) in [6.07, 6.45) is 2.87. The maximum absolute atomic E-state index is 11.1. The highest BCUT2D eigenvalue weighted by molar-refractivity contribution is 5.79. The molecule has 0 unspecified atom stereocenters. The van der Waals surface area contributed by atoms with Gasteiger partial charge in [-0.15, -0.1) is 0 Å². The van der Waals surface area contributed by atoms with Gasteiger partial charge in [-0.1, -0.05) is 20.3 Å². The van der Waals surface area contributed by atoms with E-state index in [1.165, 1.54) is 0 Å². The topological polar surface area (TPSA) is 72.1 Å².